The maximum absolute atomic E-state index is 12.5. The molecule has 0 bridgehead atoms. The third kappa shape index (κ3) is 4.21. The van der Waals surface area contributed by atoms with Gasteiger partial charge in [0, 0.05) is 36.6 Å². The van der Waals surface area contributed by atoms with Gasteiger partial charge in [-0.25, -0.2) is 14.5 Å². The first kappa shape index (κ1) is 21.5. The first-order valence-corrected chi connectivity index (χ1v) is 10.6. The molecule has 0 saturated heterocycles. The maximum atomic E-state index is 12.5. The summed E-state index contributed by atoms with van der Waals surface area (Å²) in [5.41, 5.74) is 5.43. The predicted molar refractivity (Wildman–Crippen MR) is 122 cm³/mol. The minimum absolute atomic E-state index is 0.00340. The van der Waals surface area contributed by atoms with Crippen LogP contribution in [0.3, 0.4) is 0 Å². The summed E-state index contributed by atoms with van der Waals surface area (Å²) in [6, 6.07) is 9.56. The van der Waals surface area contributed by atoms with Crippen molar-refractivity contribution in [3.05, 3.63) is 59.0 Å². The molecule has 4 rings (SSSR count). The van der Waals surface area contributed by atoms with Crippen molar-refractivity contribution in [3.63, 3.8) is 0 Å². The summed E-state index contributed by atoms with van der Waals surface area (Å²) in [6.45, 7) is 4.52. The predicted octanol–water partition coefficient (Wildman–Crippen LogP) is 3.20. The van der Waals surface area contributed by atoms with Crippen LogP contribution in [0.1, 0.15) is 28.9 Å². The van der Waals surface area contributed by atoms with Gasteiger partial charge in [-0.05, 0) is 56.0 Å². The van der Waals surface area contributed by atoms with Gasteiger partial charge in [0.05, 0.1) is 19.6 Å². The van der Waals surface area contributed by atoms with E-state index in [0.29, 0.717) is 31.5 Å². The van der Waals surface area contributed by atoms with E-state index in [9.17, 15) is 4.79 Å². The van der Waals surface area contributed by atoms with Gasteiger partial charge in [0.1, 0.15) is 11.5 Å². The Balaban J connectivity index is 1.39. The standard InChI is InChI=1S/C24H27N5O3/c1-15-19(16(2)29-24(27-15)20-6-5-12-26-23(20)28-29)9-10-22(30)25-13-11-17-7-8-18(31-3)14-21(17)32-4/h5-8,12,14H,9-11,13H2,1-4H3,(H,25,30). The number of ether oxygens (including phenoxy) is 2. The Hall–Kier alpha value is -3.68. The summed E-state index contributed by atoms with van der Waals surface area (Å²) < 4.78 is 12.5. The Kier molecular flexibility index (Phi) is 6.20. The first-order chi connectivity index (χ1) is 15.5. The highest BCUT2D eigenvalue weighted by Crippen LogP contribution is 2.25. The smallest absolute Gasteiger partial charge is 0.220 e. The van der Waals surface area contributed by atoms with Crippen molar-refractivity contribution in [2.45, 2.75) is 33.1 Å². The van der Waals surface area contributed by atoms with Crippen LogP contribution in [-0.4, -0.2) is 46.3 Å². The van der Waals surface area contributed by atoms with Crippen LogP contribution >= 0.6 is 0 Å². The molecule has 1 amide bonds. The van der Waals surface area contributed by atoms with Crippen LogP contribution in [0.15, 0.2) is 36.5 Å². The summed E-state index contributed by atoms with van der Waals surface area (Å²) in [7, 11) is 3.25. The van der Waals surface area contributed by atoms with Gasteiger partial charge in [-0.15, -0.1) is 5.10 Å². The number of rotatable bonds is 8. The molecule has 166 valence electrons. The molecule has 0 atom stereocenters. The molecule has 8 nitrogen and oxygen atoms in total. The third-order valence-corrected chi connectivity index (χ3v) is 5.70. The average molecular weight is 434 g/mol. The van der Waals surface area contributed by atoms with E-state index in [1.54, 1.807) is 20.4 Å². The summed E-state index contributed by atoms with van der Waals surface area (Å²) >= 11 is 0. The summed E-state index contributed by atoms with van der Waals surface area (Å²) in [5, 5.41) is 8.51. The van der Waals surface area contributed by atoms with E-state index in [1.165, 1.54) is 0 Å². The number of benzene rings is 1. The molecule has 0 aliphatic rings. The second-order valence-corrected chi connectivity index (χ2v) is 7.65. The Bertz CT molecular complexity index is 1280. The largest absolute Gasteiger partial charge is 0.497 e. The van der Waals surface area contributed by atoms with Crippen molar-refractivity contribution in [1.82, 2.24) is 24.9 Å². The third-order valence-electron chi connectivity index (χ3n) is 5.70. The minimum Gasteiger partial charge on any atom is -0.497 e. The molecule has 3 heterocycles. The van der Waals surface area contributed by atoms with Crippen LogP contribution < -0.4 is 14.8 Å². The molecule has 0 radical (unpaired) electrons. The topological polar surface area (TPSA) is 90.6 Å². The lowest BCUT2D eigenvalue weighted by molar-refractivity contribution is -0.121. The number of hydrogen-bond donors (Lipinski definition) is 1. The fourth-order valence-corrected chi connectivity index (χ4v) is 3.95. The molecule has 4 aromatic rings. The van der Waals surface area contributed by atoms with Crippen LogP contribution in [0.2, 0.25) is 0 Å². The van der Waals surface area contributed by atoms with Gasteiger partial charge < -0.3 is 14.8 Å². The number of pyridine rings is 1. The van der Waals surface area contributed by atoms with Crippen LogP contribution in [0.25, 0.3) is 16.7 Å². The van der Waals surface area contributed by atoms with Crippen molar-refractivity contribution in [3.8, 4) is 11.5 Å². The Morgan fingerprint density at radius 3 is 2.75 bits per heavy atom. The second kappa shape index (κ2) is 9.21. The van der Waals surface area contributed by atoms with Crippen LogP contribution in [0.4, 0.5) is 0 Å². The molecule has 0 fully saturated rings. The maximum Gasteiger partial charge on any atom is 0.220 e. The molecule has 0 spiro atoms. The van der Waals surface area contributed by atoms with E-state index in [4.69, 9.17) is 14.5 Å². The fraction of sp³-hybridized carbons (Fsp3) is 0.333. The SMILES string of the molecule is COc1ccc(CCNC(=O)CCc2c(C)nc3c4cccnc4nn3c2C)c(OC)c1. The van der Waals surface area contributed by atoms with E-state index in [-0.39, 0.29) is 5.91 Å². The van der Waals surface area contributed by atoms with E-state index >= 15 is 0 Å². The highest BCUT2D eigenvalue weighted by Gasteiger charge is 2.15. The monoisotopic (exact) mass is 433 g/mol. The number of carbonyl (C=O) groups is 1. The number of hydrogen-bond acceptors (Lipinski definition) is 6. The highest BCUT2D eigenvalue weighted by atomic mass is 16.5. The number of amides is 1. The zero-order valence-corrected chi connectivity index (χ0v) is 18.8. The first-order valence-electron chi connectivity index (χ1n) is 10.6. The molecule has 0 unspecified atom stereocenters. The molecule has 32 heavy (non-hydrogen) atoms. The molecule has 1 N–H and O–H groups in total. The minimum atomic E-state index is 0.00340. The van der Waals surface area contributed by atoms with Crippen molar-refractivity contribution >= 4 is 22.6 Å². The van der Waals surface area contributed by atoms with Crippen molar-refractivity contribution in [2.24, 2.45) is 0 Å². The number of methoxy groups -OCH3 is 2. The fourth-order valence-electron chi connectivity index (χ4n) is 3.95. The van der Waals surface area contributed by atoms with Crippen LogP contribution in [0.5, 0.6) is 11.5 Å². The van der Waals surface area contributed by atoms with E-state index in [0.717, 1.165) is 45.0 Å². The molecular formula is C24H27N5O3. The number of nitrogens with one attached hydrogen (secondary N) is 1. The van der Waals surface area contributed by atoms with Gasteiger partial charge >= 0.3 is 0 Å². The number of nitrogens with zero attached hydrogens (tertiary/aromatic N) is 4. The van der Waals surface area contributed by atoms with Gasteiger partial charge in [0.15, 0.2) is 11.3 Å². The van der Waals surface area contributed by atoms with E-state index in [2.05, 4.69) is 15.4 Å². The van der Waals surface area contributed by atoms with Crippen LogP contribution in [-0.2, 0) is 17.6 Å². The lowest BCUT2D eigenvalue weighted by Gasteiger charge is -2.12. The molecular weight excluding hydrogens is 406 g/mol. The number of carbonyl (C=O) groups excluding carboxylic acids is 1. The zero-order chi connectivity index (χ0) is 22.7. The number of fused-ring (bicyclic) bond motifs is 3. The quantitative estimate of drug-likeness (QED) is 0.459. The molecule has 1 aromatic carbocycles. The van der Waals surface area contributed by atoms with E-state index < -0.39 is 0 Å². The zero-order valence-electron chi connectivity index (χ0n) is 18.8. The van der Waals surface area contributed by atoms with Gasteiger partial charge in [0.25, 0.3) is 0 Å². The lowest BCUT2D eigenvalue weighted by atomic mass is 10.1. The average Bonchev–Trinajstić information content (AvgIpc) is 3.18. The highest BCUT2D eigenvalue weighted by molar-refractivity contribution is 5.89. The van der Waals surface area contributed by atoms with Crippen molar-refractivity contribution < 1.29 is 14.3 Å². The van der Waals surface area contributed by atoms with E-state index in [1.807, 2.05) is 48.7 Å². The lowest BCUT2D eigenvalue weighted by Crippen LogP contribution is -2.26. The number of aromatic nitrogens is 4. The molecule has 0 aliphatic carbocycles. The van der Waals surface area contributed by atoms with Gasteiger partial charge in [0.2, 0.25) is 5.91 Å². The van der Waals surface area contributed by atoms with Crippen molar-refractivity contribution in [2.75, 3.05) is 20.8 Å². The summed E-state index contributed by atoms with van der Waals surface area (Å²) in [4.78, 5) is 21.5. The Morgan fingerprint density at radius 2 is 1.97 bits per heavy atom. The molecule has 0 aliphatic heterocycles. The second-order valence-electron chi connectivity index (χ2n) is 7.65. The Labute approximate surface area is 186 Å². The molecule has 8 heteroatoms. The molecule has 3 aromatic heterocycles. The summed E-state index contributed by atoms with van der Waals surface area (Å²) in [5.74, 6) is 1.50. The van der Waals surface area contributed by atoms with Crippen molar-refractivity contribution in [1.29, 1.82) is 0 Å². The van der Waals surface area contributed by atoms with Gasteiger partial charge in [-0.1, -0.05) is 6.07 Å². The normalized spacial score (nSPS) is 11.1. The van der Waals surface area contributed by atoms with Gasteiger partial charge in [-0.2, -0.15) is 0 Å². The summed E-state index contributed by atoms with van der Waals surface area (Å²) in [6.07, 6.45) is 3.39. The Morgan fingerprint density at radius 1 is 1.12 bits per heavy atom. The molecule has 0 saturated carbocycles. The number of aryl methyl sites for hydroxylation is 2. The van der Waals surface area contributed by atoms with Gasteiger partial charge in [-0.3, -0.25) is 4.79 Å². The van der Waals surface area contributed by atoms with Crippen LogP contribution in [0, 0.1) is 13.8 Å².